The van der Waals surface area contributed by atoms with Gasteiger partial charge in [-0.15, -0.1) is 11.8 Å². The highest BCUT2D eigenvalue weighted by Gasteiger charge is 2.12. The highest BCUT2D eigenvalue weighted by Crippen LogP contribution is 2.26. The van der Waals surface area contributed by atoms with Gasteiger partial charge in [-0.25, -0.2) is 0 Å². The molecule has 23 heavy (non-hydrogen) atoms. The molecular formula is C18H20N2O2S. The Labute approximate surface area is 140 Å². The topological polar surface area (TPSA) is 72.2 Å². The Morgan fingerprint density at radius 3 is 2.57 bits per heavy atom. The average molecular weight is 328 g/mol. The molecule has 2 amide bonds. The lowest BCUT2D eigenvalue weighted by atomic mass is 10.1. The molecule has 2 aromatic carbocycles. The van der Waals surface area contributed by atoms with Gasteiger partial charge in [-0.05, 0) is 29.8 Å². The van der Waals surface area contributed by atoms with Gasteiger partial charge in [0.1, 0.15) is 0 Å². The van der Waals surface area contributed by atoms with E-state index in [4.69, 9.17) is 5.73 Å². The molecule has 3 N–H and O–H groups in total. The molecule has 0 spiro atoms. The van der Waals surface area contributed by atoms with Gasteiger partial charge in [-0.2, -0.15) is 0 Å². The number of primary amides is 1. The lowest BCUT2D eigenvalue weighted by Gasteiger charge is -2.11. The third-order valence-electron chi connectivity index (χ3n) is 3.16. The van der Waals surface area contributed by atoms with Crippen LogP contribution in [0.5, 0.6) is 0 Å². The molecule has 0 fully saturated rings. The fourth-order valence-corrected chi connectivity index (χ4v) is 3.08. The van der Waals surface area contributed by atoms with Crippen molar-refractivity contribution in [2.24, 2.45) is 5.73 Å². The van der Waals surface area contributed by atoms with Crippen LogP contribution >= 0.6 is 11.8 Å². The Morgan fingerprint density at radius 2 is 1.87 bits per heavy atom. The third kappa shape index (κ3) is 4.86. The number of amides is 2. The van der Waals surface area contributed by atoms with E-state index in [0.29, 0.717) is 22.9 Å². The van der Waals surface area contributed by atoms with Crippen molar-refractivity contribution in [3.05, 3.63) is 65.2 Å². The molecule has 0 aliphatic rings. The molecule has 2 aromatic rings. The second kappa shape index (κ2) is 7.83. The van der Waals surface area contributed by atoms with Gasteiger partial charge >= 0.3 is 0 Å². The zero-order chi connectivity index (χ0) is 16.8. The summed E-state index contributed by atoms with van der Waals surface area (Å²) in [5, 5.41) is 3.29. The zero-order valence-electron chi connectivity index (χ0n) is 13.2. The minimum atomic E-state index is -0.475. The molecule has 2 rings (SSSR count). The van der Waals surface area contributed by atoms with Gasteiger partial charge in [0.15, 0.2) is 0 Å². The maximum absolute atomic E-state index is 12.4. The van der Waals surface area contributed by atoms with Crippen LogP contribution in [-0.2, 0) is 6.54 Å². The molecule has 0 bridgehead atoms. The number of hydrogen-bond donors (Lipinski definition) is 2. The lowest BCUT2D eigenvalue weighted by Crippen LogP contribution is -2.23. The van der Waals surface area contributed by atoms with Crippen molar-refractivity contribution in [3.8, 4) is 0 Å². The second-order valence-corrected chi connectivity index (χ2v) is 7.03. The van der Waals surface area contributed by atoms with E-state index in [1.807, 2.05) is 30.3 Å². The Balaban J connectivity index is 2.08. The molecule has 0 unspecified atom stereocenters. The first-order valence-corrected chi connectivity index (χ1v) is 8.28. The third-order valence-corrected chi connectivity index (χ3v) is 4.24. The molecule has 120 valence electrons. The van der Waals surface area contributed by atoms with E-state index < -0.39 is 5.91 Å². The second-order valence-electron chi connectivity index (χ2n) is 5.41. The van der Waals surface area contributed by atoms with Crippen molar-refractivity contribution >= 4 is 23.6 Å². The highest BCUT2D eigenvalue weighted by molar-refractivity contribution is 8.00. The summed E-state index contributed by atoms with van der Waals surface area (Å²) >= 11 is 1.66. The Bertz CT molecular complexity index is 714. The van der Waals surface area contributed by atoms with Gasteiger partial charge in [-0.1, -0.05) is 38.1 Å². The lowest BCUT2D eigenvalue weighted by molar-refractivity contribution is 0.0947. The summed E-state index contributed by atoms with van der Waals surface area (Å²) in [6.07, 6.45) is 0. The average Bonchev–Trinajstić information content (AvgIpc) is 2.53. The Kier molecular flexibility index (Phi) is 5.82. The normalized spacial score (nSPS) is 10.6. The van der Waals surface area contributed by atoms with Gasteiger partial charge in [0, 0.05) is 22.3 Å². The molecule has 0 aliphatic heterocycles. The number of nitrogens with two attached hydrogens (primary N) is 1. The van der Waals surface area contributed by atoms with Crippen molar-refractivity contribution in [2.75, 3.05) is 0 Å². The van der Waals surface area contributed by atoms with Gasteiger partial charge < -0.3 is 11.1 Å². The molecular weight excluding hydrogens is 308 g/mol. The van der Waals surface area contributed by atoms with E-state index in [2.05, 4.69) is 19.2 Å². The number of benzene rings is 2. The van der Waals surface area contributed by atoms with Gasteiger partial charge in [0.2, 0.25) is 5.91 Å². The predicted octanol–water partition coefficient (Wildman–Crippen LogP) is 3.22. The minimum absolute atomic E-state index is 0.127. The number of carbonyl (C=O) groups excluding carboxylic acids is 2. The molecule has 0 saturated carbocycles. The van der Waals surface area contributed by atoms with Gasteiger partial charge in [0.25, 0.3) is 5.91 Å². The number of hydrogen-bond acceptors (Lipinski definition) is 3. The first kappa shape index (κ1) is 17.1. The van der Waals surface area contributed by atoms with E-state index >= 15 is 0 Å². The van der Waals surface area contributed by atoms with E-state index in [9.17, 15) is 9.59 Å². The van der Waals surface area contributed by atoms with Crippen LogP contribution in [0.15, 0.2) is 53.4 Å². The van der Waals surface area contributed by atoms with E-state index in [1.165, 1.54) is 0 Å². The summed E-state index contributed by atoms with van der Waals surface area (Å²) in [5.41, 5.74) is 7.21. The summed E-state index contributed by atoms with van der Waals surface area (Å²) in [5.74, 6) is -0.602. The summed E-state index contributed by atoms with van der Waals surface area (Å²) < 4.78 is 0. The monoisotopic (exact) mass is 328 g/mol. The number of nitrogens with one attached hydrogen (secondary N) is 1. The maximum Gasteiger partial charge on any atom is 0.252 e. The number of carbonyl (C=O) groups is 2. The minimum Gasteiger partial charge on any atom is -0.366 e. The van der Waals surface area contributed by atoms with Crippen molar-refractivity contribution in [3.63, 3.8) is 0 Å². The number of thioether (sulfide) groups is 1. The Hall–Kier alpha value is -2.27. The summed E-state index contributed by atoms with van der Waals surface area (Å²) in [6.45, 7) is 4.53. The first-order valence-electron chi connectivity index (χ1n) is 7.40. The highest BCUT2D eigenvalue weighted by atomic mass is 32.2. The van der Waals surface area contributed by atoms with Crippen molar-refractivity contribution in [2.45, 2.75) is 30.5 Å². The van der Waals surface area contributed by atoms with Crippen LogP contribution in [0.3, 0.4) is 0 Å². The van der Waals surface area contributed by atoms with E-state index in [1.54, 1.807) is 30.0 Å². The van der Waals surface area contributed by atoms with Gasteiger partial charge in [0.05, 0.1) is 5.56 Å². The summed E-state index contributed by atoms with van der Waals surface area (Å²) in [4.78, 5) is 24.6. The zero-order valence-corrected chi connectivity index (χ0v) is 14.0. The molecule has 4 nitrogen and oxygen atoms in total. The van der Waals surface area contributed by atoms with Crippen LogP contribution in [0.25, 0.3) is 0 Å². The van der Waals surface area contributed by atoms with E-state index in [0.717, 1.165) is 10.5 Å². The largest absolute Gasteiger partial charge is 0.366 e. The van der Waals surface area contributed by atoms with Crippen LogP contribution in [-0.4, -0.2) is 17.1 Å². The molecule has 0 aromatic heterocycles. The van der Waals surface area contributed by atoms with Crippen molar-refractivity contribution < 1.29 is 9.59 Å². The quantitative estimate of drug-likeness (QED) is 0.800. The van der Waals surface area contributed by atoms with Crippen molar-refractivity contribution in [1.29, 1.82) is 0 Å². The van der Waals surface area contributed by atoms with E-state index in [-0.39, 0.29) is 5.91 Å². The van der Waals surface area contributed by atoms with Crippen LogP contribution < -0.4 is 11.1 Å². The van der Waals surface area contributed by atoms with Crippen LogP contribution in [0.2, 0.25) is 0 Å². The molecule has 5 heteroatoms. The number of rotatable bonds is 6. The van der Waals surface area contributed by atoms with Crippen LogP contribution in [0.1, 0.15) is 40.1 Å². The molecule has 0 heterocycles. The first-order chi connectivity index (χ1) is 11.0. The van der Waals surface area contributed by atoms with Crippen LogP contribution in [0, 0.1) is 0 Å². The molecule has 0 atom stereocenters. The molecule has 0 radical (unpaired) electrons. The summed E-state index contributed by atoms with van der Waals surface area (Å²) in [6, 6.07) is 14.5. The Morgan fingerprint density at radius 1 is 1.13 bits per heavy atom. The van der Waals surface area contributed by atoms with Crippen LogP contribution in [0.4, 0.5) is 0 Å². The predicted molar refractivity (Wildman–Crippen MR) is 93.6 cm³/mol. The fraction of sp³-hybridized carbons (Fsp3) is 0.222. The molecule has 0 saturated heterocycles. The smallest absolute Gasteiger partial charge is 0.252 e. The van der Waals surface area contributed by atoms with Gasteiger partial charge in [-0.3, -0.25) is 9.59 Å². The molecule has 0 aliphatic carbocycles. The SMILES string of the molecule is CC(C)Sc1ccccc1C(=O)NCc1cccc(C(N)=O)c1. The standard InChI is InChI=1S/C18H20N2O2S/c1-12(2)23-16-9-4-3-8-15(16)18(22)20-11-13-6-5-7-14(10-13)17(19)21/h3-10,12H,11H2,1-2H3,(H2,19,21)(H,20,22). The fourth-order valence-electron chi connectivity index (χ4n) is 2.12. The van der Waals surface area contributed by atoms with Crippen molar-refractivity contribution in [1.82, 2.24) is 5.32 Å². The summed E-state index contributed by atoms with van der Waals surface area (Å²) in [7, 11) is 0. The maximum atomic E-state index is 12.4.